The van der Waals surface area contributed by atoms with Crippen LogP contribution in [0.25, 0.3) is 6.08 Å². The lowest BCUT2D eigenvalue weighted by molar-refractivity contribution is -0.121. The molecule has 0 N–H and O–H groups in total. The fourth-order valence-electron chi connectivity index (χ4n) is 2.24. The molecule has 2 heterocycles. The molecule has 0 radical (unpaired) electrons. The van der Waals surface area contributed by atoms with Gasteiger partial charge in [0, 0.05) is 12.7 Å². The van der Waals surface area contributed by atoms with E-state index in [-0.39, 0.29) is 5.91 Å². The first-order valence-corrected chi connectivity index (χ1v) is 8.62. The monoisotopic (exact) mass is 347 g/mol. The van der Waals surface area contributed by atoms with Crippen molar-refractivity contribution in [1.29, 1.82) is 0 Å². The predicted molar refractivity (Wildman–Crippen MR) is 104 cm³/mol. The summed E-state index contributed by atoms with van der Waals surface area (Å²) in [4.78, 5) is 23.4. The van der Waals surface area contributed by atoms with Crippen LogP contribution in [0.4, 0.5) is 5.69 Å². The Labute approximate surface area is 151 Å². The Balaban J connectivity index is 1.83. The van der Waals surface area contributed by atoms with E-state index in [1.54, 1.807) is 23.4 Å². The first-order valence-electron chi connectivity index (χ1n) is 7.80. The summed E-state index contributed by atoms with van der Waals surface area (Å²) in [7, 11) is 0. The first kappa shape index (κ1) is 16.9. The molecule has 0 atom stereocenters. The molecule has 0 aliphatic carbocycles. The lowest BCUT2D eigenvalue weighted by Crippen LogP contribution is -2.29. The Morgan fingerprint density at radius 3 is 2.76 bits per heavy atom. The third-order valence-corrected chi connectivity index (χ3v) is 4.43. The molecule has 4 nitrogen and oxygen atoms in total. The van der Waals surface area contributed by atoms with Crippen molar-refractivity contribution >= 4 is 34.6 Å². The van der Waals surface area contributed by atoms with Gasteiger partial charge in [0.2, 0.25) is 0 Å². The van der Waals surface area contributed by atoms with Crippen LogP contribution < -0.4 is 0 Å². The minimum atomic E-state index is -0.0646. The van der Waals surface area contributed by atoms with Gasteiger partial charge in [-0.1, -0.05) is 48.6 Å². The van der Waals surface area contributed by atoms with Crippen molar-refractivity contribution in [2.75, 3.05) is 6.54 Å². The van der Waals surface area contributed by atoms with E-state index in [1.165, 1.54) is 11.8 Å². The summed E-state index contributed by atoms with van der Waals surface area (Å²) in [5.74, 6) is -0.0646. The highest BCUT2D eigenvalue weighted by Crippen LogP contribution is 2.32. The third-order valence-electron chi connectivity index (χ3n) is 3.41. The molecule has 1 amide bonds. The van der Waals surface area contributed by atoms with Crippen LogP contribution in [-0.4, -0.2) is 27.5 Å². The van der Waals surface area contributed by atoms with Gasteiger partial charge in [0.25, 0.3) is 5.91 Å². The van der Waals surface area contributed by atoms with Gasteiger partial charge < -0.3 is 0 Å². The normalized spacial score (nSPS) is 17.8. The number of hydrogen-bond donors (Lipinski definition) is 0. The summed E-state index contributed by atoms with van der Waals surface area (Å²) >= 11 is 1.36. The van der Waals surface area contributed by atoms with Gasteiger partial charge in [-0.05, 0) is 35.5 Å². The Morgan fingerprint density at radius 1 is 1.20 bits per heavy atom. The highest BCUT2D eigenvalue weighted by molar-refractivity contribution is 8.18. The van der Waals surface area contributed by atoms with Crippen molar-refractivity contribution < 1.29 is 4.79 Å². The number of amidine groups is 1. The maximum atomic E-state index is 12.6. The molecule has 124 valence electrons. The average Bonchev–Trinajstić information content (AvgIpc) is 2.93. The van der Waals surface area contributed by atoms with Crippen LogP contribution in [0.3, 0.4) is 0 Å². The number of amides is 1. The van der Waals surface area contributed by atoms with Crippen LogP contribution in [0.1, 0.15) is 5.56 Å². The number of hydrogen-bond acceptors (Lipinski definition) is 4. The molecule has 2 aromatic rings. The number of thioether (sulfide) groups is 1. The molecular formula is C20H17N3OS. The number of allylic oxidation sites excluding steroid dienone is 2. The van der Waals surface area contributed by atoms with Crippen LogP contribution in [0.2, 0.25) is 0 Å². The average molecular weight is 347 g/mol. The third kappa shape index (κ3) is 4.33. The number of carbonyl (C=O) groups is 1. The summed E-state index contributed by atoms with van der Waals surface area (Å²) in [6.45, 7) is 4.14. The fourth-order valence-corrected chi connectivity index (χ4v) is 3.20. The zero-order valence-corrected chi connectivity index (χ0v) is 14.4. The van der Waals surface area contributed by atoms with Gasteiger partial charge in [-0.25, -0.2) is 4.99 Å². The summed E-state index contributed by atoms with van der Waals surface area (Å²) < 4.78 is 0. The van der Waals surface area contributed by atoms with E-state index in [1.807, 2.05) is 60.7 Å². The predicted octanol–water partition coefficient (Wildman–Crippen LogP) is 4.43. The van der Waals surface area contributed by atoms with Gasteiger partial charge in [0.15, 0.2) is 5.17 Å². The Kier molecular flexibility index (Phi) is 5.59. The molecule has 0 spiro atoms. The number of aliphatic imine (C=N–C) groups is 1. The highest BCUT2D eigenvalue weighted by atomic mass is 32.2. The summed E-state index contributed by atoms with van der Waals surface area (Å²) in [5.41, 5.74) is 1.80. The van der Waals surface area contributed by atoms with Gasteiger partial charge in [-0.2, -0.15) is 0 Å². The molecule has 1 aromatic carbocycles. The number of rotatable bonds is 5. The fraction of sp³-hybridized carbons (Fsp3) is 0.0500. The van der Waals surface area contributed by atoms with Crippen molar-refractivity contribution in [3.05, 3.63) is 90.1 Å². The zero-order valence-electron chi connectivity index (χ0n) is 13.6. The lowest BCUT2D eigenvalue weighted by Gasteiger charge is -2.12. The summed E-state index contributed by atoms with van der Waals surface area (Å²) in [6, 6.07) is 13.6. The smallest absolute Gasteiger partial charge is 0.267 e. The minimum absolute atomic E-state index is 0.0646. The van der Waals surface area contributed by atoms with Crippen LogP contribution in [0, 0.1) is 0 Å². The standard InChI is InChI=1S/C20H17N3OS/c1-2-14-23-19(24)18(12-6-10-16-8-4-3-5-9-16)25-20(23)22-17-11-7-13-21-15-17/h2-13,15H,1,14H2/b10-6+,18-12-,22-20?. The van der Waals surface area contributed by atoms with Gasteiger partial charge in [0.1, 0.15) is 0 Å². The number of pyridine rings is 1. The van der Waals surface area contributed by atoms with Crippen LogP contribution >= 0.6 is 11.8 Å². The quantitative estimate of drug-likeness (QED) is 0.594. The van der Waals surface area contributed by atoms with Crippen molar-refractivity contribution in [2.45, 2.75) is 0 Å². The van der Waals surface area contributed by atoms with Gasteiger partial charge >= 0.3 is 0 Å². The molecule has 0 bridgehead atoms. The number of aromatic nitrogens is 1. The summed E-state index contributed by atoms with van der Waals surface area (Å²) in [5, 5.41) is 0.636. The largest absolute Gasteiger partial charge is 0.283 e. The second-order valence-corrected chi connectivity index (χ2v) is 6.22. The molecular weight excluding hydrogens is 330 g/mol. The van der Waals surface area contributed by atoms with E-state index in [2.05, 4.69) is 16.6 Å². The van der Waals surface area contributed by atoms with Crippen LogP contribution in [0.15, 0.2) is 89.6 Å². The second kappa shape index (κ2) is 8.26. The van der Waals surface area contributed by atoms with Gasteiger partial charge in [-0.3, -0.25) is 14.7 Å². The van der Waals surface area contributed by atoms with Gasteiger partial charge in [-0.15, -0.1) is 6.58 Å². The molecule has 1 aliphatic rings. The van der Waals surface area contributed by atoms with E-state index in [9.17, 15) is 4.79 Å². The van der Waals surface area contributed by atoms with Crippen LogP contribution in [-0.2, 0) is 4.79 Å². The maximum absolute atomic E-state index is 12.6. The molecule has 1 saturated heterocycles. The maximum Gasteiger partial charge on any atom is 0.267 e. The van der Waals surface area contributed by atoms with Crippen molar-refractivity contribution in [1.82, 2.24) is 9.88 Å². The van der Waals surface area contributed by atoms with Crippen molar-refractivity contribution in [3.8, 4) is 0 Å². The Morgan fingerprint density at radius 2 is 2.04 bits per heavy atom. The highest BCUT2D eigenvalue weighted by Gasteiger charge is 2.32. The van der Waals surface area contributed by atoms with Crippen LogP contribution in [0.5, 0.6) is 0 Å². The molecule has 5 heteroatoms. The molecule has 0 unspecified atom stereocenters. The van der Waals surface area contributed by atoms with Gasteiger partial charge in [0.05, 0.1) is 16.8 Å². The number of carbonyl (C=O) groups excluding carboxylic acids is 1. The second-order valence-electron chi connectivity index (χ2n) is 5.21. The van der Waals surface area contributed by atoms with Crippen molar-refractivity contribution in [2.24, 2.45) is 4.99 Å². The topological polar surface area (TPSA) is 45.6 Å². The van der Waals surface area contributed by atoms with E-state index < -0.39 is 0 Å². The molecule has 0 saturated carbocycles. The lowest BCUT2D eigenvalue weighted by atomic mass is 10.2. The molecule has 3 rings (SSSR count). The van der Waals surface area contributed by atoms with E-state index in [4.69, 9.17) is 0 Å². The van der Waals surface area contributed by atoms with Crippen molar-refractivity contribution in [3.63, 3.8) is 0 Å². The zero-order chi connectivity index (χ0) is 17.5. The van der Waals surface area contributed by atoms with E-state index in [0.29, 0.717) is 22.3 Å². The SMILES string of the molecule is C=CCN1C(=O)/C(=C/C=C/c2ccccc2)SC1=Nc1cccnc1. The molecule has 1 aliphatic heterocycles. The van der Waals surface area contributed by atoms with E-state index in [0.717, 1.165) is 5.56 Å². The number of benzene rings is 1. The Hall–Kier alpha value is -2.92. The Bertz CT molecular complexity index is 842. The first-order chi connectivity index (χ1) is 12.3. The number of nitrogens with zero attached hydrogens (tertiary/aromatic N) is 3. The molecule has 25 heavy (non-hydrogen) atoms. The molecule has 1 aromatic heterocycles. The minimum Gasteiger partial charge on any atom is -0.283 e. The molecule has 1 fully saturated rings. The van der Waals surface area contributed by atoms with E-state index >= 15 is 0 Å². The summed E-state index contributed by atoms with van der Waals surface area (Å²) in [6.07, 6.45) is 10.7.